The van der Waals surface area contributed by atoms with E-state index in [0.29, 0.717) is 6.79 Å². The summed E-state index contributed by atoms with van der Waals surface area (Å²) in [6.07, 6.45) is 2.40. The summed E-state index contributed by atoms with van der Waals surface area (Å²) in [5.74, 6) is 1.71. The van der Waals surface area contributed by atoms with Gasteiger partial charge in [0.15, 0.2) is 11.5 Å². The smallest absolute Gasteiger partial charge is 0.231 e. The Morgan fingerprint density at radius 3 is 2.60 bits per heavy atom. The number of halogens is 1. The van der Waals surface area contributed by atoms with E-state index in [9.17, 15) is 0 Å². The molecule has 0 radical (unpaired) electrons. The lowest BCUT2D eigenvalue weighted by Gasteiger charge is -2.12. The molecular weight excluding hydrogens is 214 g/mol. The lowest BCUT2D eigenvalue weighted by molar-refractivity contribution is 0.174. The number of hydrogen-bond donors (Lipinski definition) is 1. The van der Waals surface area contributed by atoms with E-state index in [1.807, 2.05) is 6.07 Å². The molecule has 1 saturated carbocycles. The van der Waals surface area contributed by atoms with Gasteiger partial charge in [-0.3, -0.25) is 0 Å². The molecule has 1 fully saturated rings. The fourth-order valence-electron chi connectivity index (χ4n) is 1.99. The molecule has 3 nitrogen and oxygen atoms in total. The van der Waals surface area contributed by atoms with Crippen LogP contribution < -0.4 is 15.2 Å². The first-order valence-electron chi connectivity index (χ1n) is 4.94. The summed E-state index contributed by atoms with van der Waals surface area (Å²) in [7, 11) is 0. The molecule has 3 rings (SSSR count). The van der Waals surface area contributed by atoms with Gasteiger partial charge in [0, 0.05) is 12.0 Å². The second-order valence-corrected chi connectivity index (χ2v) is 4.05. The monoisotopic (exact) mass is 227 g/mol. The molecule has 0 atom stereocenters. The molecule has 2 N–H and O–H groups in total. The van der Waals surface area contributed by atoms with Gasteiger partial charge in [-0.25, -0.2) is 0 Å². The Balaban J connectivity index is 0.000000853. The standard InChI is InChI=1S/C11H13NO2.ClH/c12-6-11(3-4-11)8-1-2-9-10(5-8)14-7-13-9;/h1-2,5H,3-4,6-7,12H2;1H. The molecule has 2 aliphatic rings. The van der Waals surface area contributed by atoms with Gasteiger partial charge in [-0.05, 0) is 30.5 Å². The lowest BCUT2D eigenvalue weighted by atomic mass is 9.96. The topological polar surface area (TPSA) is 44.5 Å². The Labute approximate surface area is 95.0 Å². The van der Waals surface area contributed by atoms with Crippen LogP contribution in [0.3, 0.4) is 0 Å². The number of fused-ring (bicyclic) bond motifs is 1. The van der Waals surface area contributed by atoms with E-state index in [-0.39, 0.29) is 17.8 Å². The molecule has 0 spiro atoms. The van der Waals surface area contributed by atoms with Crippen molar-refractivity contribution in [2.45, 2.75) is 18.3 Å². The second-order valence-electron chi connectivity index (χ2n) is 4.05. The fourth-order valence-corrected chi connectivity index (χ4v) is 1.99. The third-order valence-electron chi connectivity index (χ3n) is 3.23. The van der Waals surface area contributed by atoms with Crippen LogP contribution in [0.5, 0.6) is 11.5 Å². The highest BCUT2D eigenvalue weighted by Gasteiger charge is 2.43. The van der Waals surface area contributed by atoms with Gasteiger partial charge in [0.1, 0.15) is 0 Å². The molecule has 1 aliphatic heterocycles. The second kappa shape index (κ2) is 3.58. The van der Waals surface area contributed by atoms with Crippen LogP contribution in [0, 0.1) is 0 Å². The molecule has 1 heterocycles. The minimum Gasteiger partial charge on any atom is -0.454 e. The first-order valence-corrected chi connectivity index (χ1v) is 4.94. The molecule has 1 aromatic rings. The van der Waals surface area contributed by atoms with Crippen molar-refractivity contribution in [3.63, 3.8) is 0 Å². The Bertz CT molecular complexity index is 377. The molecule has 4 heteroatoms. The molecule has 0 saturated heterocycles. The lowest BCUT2D eigenvalue weighted by Crippen LogP contribution is -2.19. The van der Waals surface area contributed by atoms with Crippen LogP contribution >= 0.6 is 12.4 Å². The van der Waals surface area contributed by atoms with Crippen LogP contribution in [0.4, 0.5) is 0 Å². The van der Waals surface area contributed by atoms with Crippen molar-refractivity contribution in [1.29, 1.82) is 0 Å². The van der Waals surface area contributed by atoms with Crippen LogP contribution in [0.25, 0.3) is 0 Å². The quantitative estimate of drug-likeness (QED) is 0.839. The van der Waals surface area contributed by atoms with Crippen LogP contribution in [0.1, 0.15) is 18.4 Å². The van der Waals surface area contributed by atoms with Crippen molar-refractivity contribution >= 4 is 12.4 Å². The summed E-state index contributed by atoms with van der Waals surface area (Å²) in [4.78, 5) is 0. The van der Waals surface area contributed by atoms with Gasteiger partial charge in [-0.15, -0.1) is 12.4 Å². The summed E-state index contributed by atoms with van der Waals surface area (Å²) >= 11 is 0. The SMILES string of the molecule is Cl.NCC1(c2ccc3c(c2)OCO3)CC1. The van der Waals surface area contributed by atoms with E-state index in [4.69, 9.17) is 15.2 Å². The third-order valence-corrected chi connectivity index (χ3v) is 3.23. The van der Waals surface area contributed by atoms with Crippen LogP contribution in [0.2, 0.25) is 0 Å². The summed E-state index contributed by atoms with van der Waals surface area (Å²) in [5.41, 5.74) is 7.31. The van der Waals surface area contributed by atoms with Crippen molar-refractivity contribution in [3.05, 3.63) is 23.8 Å². The first kappa shape index (κ1) is 10.6. The molecule has 15 heavy (non-hydrogen) atoms. The predicted molar refractivity (Wildman–Crippen MR) is 59.8 cm³/mol. The van der Waals surface area contributed by atoms with Crippen molar-refractivity contribution in [2.24, 2.45) is 5.73 Å². The molecule has 1 aromatic carbocycles. The van der Waals surface area contributed by atoms with Gasteiger partial charge >= 0.3 is 0 Å². The van der Waals surface area contributed by atoms with E-state index < -0.39 is 0 Å². The molecule has 82 valence electrons. The molecule has 0 unspecified atom stereocenters. The molecule has 1 aliphatic carbocycles. The maximum atomic E-state index is 5.77. The van der Waals surface area contributed by atoms with Crippen LogP contribution in [0.15, 0.2) is 18.2 Å². The van der Waals surface area contributed by atoms with Gasteiger partial charge in [0.25, 0.3) is 0 Å². The van der Waals surface area contributed by atoms with Crippen molar-refractivity contribution in [3.8, 4) is 11.5 Å². The highest BCUT2D eigenvalue weighted by atomic mass is 35.5. The normalized spacial score (nSPS) is 19.5. The summed E-state index contributed by atoms with van der Waals surface area (Å²) < 4.78 is 10.6. The average molecular weight is 228 g/mol. The van der Waals surface area contributed by atoms with Gasteiger partial charge in [-0.2, -0.15) is 0 Å². The summed E-state index contributed by atoms with van der Waals surface area (Å²) in [6, 6.07) is 6.16. The molecular formula is C11H14ClNO2. The maximum Gasteiger partial charge on any atom is 0.231 e. The van der Waals surface area contributed by atoms with E-state index in [1.54, 1.807) is 0 Å². The zero-order valence-electron chi connectivity index (χ0n) is 8.36. The highest BCUT2D eigenvalue weighted by molar-refractivity contribution is 5.85. The van der Waals surface area contributed by atoms with Crippen molar-refractivity contribution < 1.29 is 9.47 Å². The predicted octanol–water partition coefficient (Wildman–Crippen LogP) is 1.83. The average Bonchev–Trinajstić information content (AvgIpc) is 2.89. The Hall–Kier alpha value is -0.930. The van der Waals surface area contributed by atoms with Gasteiger partial charge in [0.05, 0.1) is 0 Å². The minimum absolute atomic E-state index is 0. The number of nitrogens with two attached hydrogens (primary N) is 1. The van der Waals surface area contributed by atoms with E-state index in [0.717, 1.165) is 18.0 Å². The fraction of sp³-hybridized carbons (Fsp3) is 0.455. The van der Waals surface area contributed by atoms with Gasteiger partial charge < -0.3 is 15.2 Å². The van der Waals surface area contributed by atoms with Gasteiger partial charge in [-0.1, -0.05) is 6.07 Å². The molecule has 0 amide bonds. The Morgan fingerprint density at radius 1 is 1.20 bits per heavy atom. The Kier molecular flexibility index (Phi) is 2.52. The largest absolute Gasteiger partial charge is 0.454 e. The number of hydrogen-bond acceptors (Lipinski definition) is 3. The maximum absolute atomic E-state index is 5.77. The summed E-state index contributed by atoms with van der Waals surface area (Å²) in [6.45, 7) is 1.07. The zero-order valence-corrected chi connectivity index (χ0v) is 9.18. The van der Waals surface area contributed by atoms with Crippen molar-refractivity contribution in [2.75, 3.05) is 13.3 Å². The molecule has 0 bridgehead atoms. The third kappa shape index (κ3) is 1.56. The van der Waals surface area contributed by atoms with Gasteiger partial charge in [0.2, 0.25) is 6.79 Å². The Morgan fingerprint density at radius 2 is 1.93 bits per heavy atom. The zero-order chi connectivity index (χ0) is 9.60. The van der Waals surface area contributed by atoms with Crippen LogP contribution in [-0.2, 0) is 5.41 Å². The molecule has 0 aromatic heterocycles. The summed E-state index contributed by atoms with van der Waals surface area (Å²) in [5, 5.41) is 0. The number of ether oxygens (including phenoxy) is 2. The first-order chi connectivity index (χ1) is 6.84. The van der Waals surface area contributed by atoms with Crippen molar-refractivity contribution in [1.82, 2.24) is 0 Å². The number of rotatable bonds is 2. The van der Waals surface area contributed by atoms with Crippen LogP contribution in [-0.4, -0.2) is 13.3 Å². The van der Waals surface area contributed by atoms with E-state index >= 15 is 0 Å². The van der Waals surface area contributed by atoms with E-state index in [2.05, 4.69) is 12.1 Å². The van der Waals surface area contributed by atoms with E-state index in [1.165, 1.54) is 18.4 Å². The highest BCUT2D eigenvalue weighted by Crippen LogP contribution is 2.49. The number of benzene rings is 1. The minimum atomic E-state index is 0.